The van der Waals surface area contributed by atoms with Gasteiger partial charge in [0.05, 0.1) is 25.7 Å². The number of hydrogen-bond donors (Lipinski definition) is 1. The summed E-state index contributed by atoms with van der Waals surface area (Å²) in [6.45, 7) is 4.86. The zero-order chi connectivity index (χ0) is 12.0. The molecule has 0 aliphatic carbocycles. The molecule has 1 saturated heterocycles. The molecule has 0 aromatic heterocycles. The number of amides is 1. The molecule has 1 N–H and O–H groups in total. The Hall–Kier alpha value is -1.30. The van der Waals surface area contributed by atoms with E-state index in [0.717, 1.165) is 12.8 Å². The van der Waals surface area contributed by atoms with Crippen molar-refractivity contribution < 1.29 is 19.2 Å². The second kappa shape index (κ2) is 6.32. The summed E-state index contributed by atoms with van der Waals surface area (Å²) in [5, 5.41) is 4.18. The molecule has 6 nitrogen and oxygen atoms in total. The third-order valence-electron chi connectivity index (χ3n) is 2.16. The van der Waals surface area contributed by atoms with Crippen LogP contribution in [0.15, 0.2) is 0 Å². The molecule has 1 aliphatic rings. The normalized spacial score (nSPS) is 16.4. The molecule has 1 amide bonds. The second-order valence-corrected chi connectivity index (χ2v) is 3.76. The zero-order valence-electron chi connectivity index (χ0n) is 9.69. The number of carbonyl (C=O) groups is 2. The van der Waals surface area contributed by atoms with Gasteiger partial charge < -0.3 is 14.9 Å². The van der Waals surface area contributed by atoms with Crippen molar-refractivity contribution in [2.24, 2.45) is 0 Å². The molecule has 0 aromatic rings. The van der Waals surface area contributed by atoms with Crippen LogP contribution in [0.4, 0.5) is 4.79 Å². The van der Waals surface area contributed by atoms with Crippen LogP contribution in [0.3, 0.4) is 0 Å². The number of ether oxygens (including phenoxy) is 1. The van der Waals surface area contributed by atoms with E-state index < -0.39 is 6.09 Å². The van der Waals surface area contributed by atoms with Gasteiger partial charge in [0.2, 0.25) is 0 Å². The van der Waals surface area contributed by atoms with Crippen molar-refractivity contribution in [3.8, 4) is 0 Å². The average Bonchev–Trinajstić information content (AvgIpc) is 2.14. The van der Waals surface area contributed by atoms with Crippen molar-refractivity contribution >= 4 is 12.1 Å². The van der Waals surface area contributed by atoms with Crippen LogP contribution in [0.5, 0.6) is 0 Å². The number of nitrogens with one attached hydrogen (secondary N) is 1. The van der Waals surface area contributed by atoms with E-state index in [2.05, 4.69) is 5.32 Å². The molecular weight excluding hydrogens is 212 g/mol. The number of alkyl carbamates (subject to hydrolysis) is 1. The molecule has 0 unspecified atom stereocenters. The topological polar surface area (TPSA) is 67.9 Å². The minimum Gasteiger partial charge on any atom is -0.450 e. The highest BCUT2D eigenvalue weighted by Gasteiger charge is 2.30. The maximum absolute atomic E-state index is 11.2. The van der Waals surface area contributed by atoms with Gasteiger partial charge in [-0.1, -0.05) is 13.3 Å². The number of hydroxylamine groups is 2. The van der Waals surface area contributed by atoms with Crippen molar-refractivity contribution in [1.82, 2.24) is 10.4 Å². The Labute approximate surface area is 94.8 Å². The lowest BCUT2D eigenvalue weighted by atomic mass is 10.2. The molecule has 1 aliphatic heterocycles. The molecule has 0 spiro atoms. The van der Waals surface area contributed by atoms with Crippen molar-refractivity contribution in [3.63, 3.8) is 0 Å². The Morgan fingerprint density at radius 1 is 1.44 bits per heavy atom. The number of unbranched alkanes of at least 4 members (excludes halogenated alkanes) is 1. The Bertz CT molecular complexity index is 251. The first-order chi connectivity index (χ1) is 7.61. The largest absolute Gasteiger partial charge is 0.450 e. The van der Waals surface area contributed by atoms with Crippen molar-refractivity contribution in [2.45, 2.75) is 32.7 Å². The number of rotatable bonds is 5. The fraction of sp³-hybridized carbons (Fsp3) is 0.800. The Balaban J connectivity index is 2.03. The van der Waals surface area contributed by atoms with Gasteiger partial charge in [-0.2, -0.15) is 0 Å². The van der Waals surface area contributed by atoms with Crippen LogP contribution in [0.25, 0.3) is 0 Å². The van der Waals surface area contributed by atoms with E-state index in [4.69, 9.17) is 9.57 Å². The Kier molecular flexibility index (Phi) is 5.04. The standard InChI is InChI=1S/C10H18N2O4/c1-3-4-5-15-10(14)11-9-6-12(7-9)16-8(2)13/h9H,3-7H2,1-2H3,(H,11,14). The summed E-state index contributed by atoms with van der Waals surface area (Å²) in [6.07, 6.45) is 1.47. The molecular formula is C10H18N2O4. The third kappa shape index (κ3) is 4.48. The van der Waals surface area contributed by atoms with Gasteiger partial charge in [-0.15, -0.1) is 5.06 Å². The summed E-state index contributed by atoms with van der Waals surface area (Å²) in [6, 6.07) is 0.00785. The van der Waals surface area contributed by atoms with Crippen LogP contribution in [-0.2, 0) is 14.4 Å². The van der Waals surface area contributed by atoms with E-state index >= 15 is 0 Å². The molecule has 0 saturated carbocycles. The van der Waals surface area contributed by atoms with E-state index in [1.165, 1.54) is 12.0 Å². The van der Waals surface area contributed by atoms with Gasteiger partial charge in [-0.05, 0) is 6.42 Å². The predicted molar refractivity (Wildman–Crippen MR) is 56.5 cm³/mol. The summed E-state index contributed by atoms with van der Waals surface area (Å²) in [5.41, 5.74) is 0. The minimum atomic E-state index is -0.402. The van der Waals surface area contributed by atoms with Crippen LogP contribution < -0.4 is 5.32 Å². The Morgan fingerprint density at radius 3 is 2.69 bits per heavy atom. The van der Waals surface area contributed by atoms with E-state index in [9.17, 15) is 9.59 Å². The fourth-order valence-electron chi connectivity index (χ4n) is 1.30. The van der Waals surface area contributed by atoms with Crippen LogP contribution in [0.1, 0.15) is 26.7 Å². The minimum absolute atomic E-state index is 0.00785. The second-order valence-electron chi connectivity index (χ2n) is 3.76. The van der Waals surface area contributed by atoms with Gasteiger partial charge in [0.1, 0.15) is 0 Å². The first kappa shape index (κ1) is 12.8. The van der Waals surface area contributed by atoms with Gasteiger partial charge in [0, 0.05) is 6.92 Å². The van der Waals surface area contributed by atoms with Gasteiger partial charge in [0.25, 0.3) is 0 Å². The van der Waals surface area contributed by atoms with Crippen LogP contribution in [0, 0.1) is 0 Å². The number of hydrogen-bond acceptors (Lipinski definition) is 5. The first-order valence-electron chi connectivity index (χ1n) is 5.48. The van der Waals surface area contributed by atoms with Gasteiger partial charge >= 0.3 is 12.1 Å². The highest BCUT2D eigenvalue weighted by molar-refractivity contribution is 5.68. The van der Waals surface area contributed by atoms with Crippen LogP contribution in [-0.4, -0.2) is 42.9 Å². The van der Waals surface area contributed by atoms with E-state index in [1.807, 2.05) is 6.92 Å². The molecule has 0 radical (unpaired) electrons. The first-order valence-corrected chi connectivity index (χ1v) is 5.48. The van der Waals surface area contributed by atoms with Crippen LogP contribution >= 0.6 is 0 Å². The van der Waals surface area contributed by atoms with Gasteiger partial charge in [-0.25, -0.2) is 4.79 Å². The Morgan fingerprint density at radius 2 is 2.12 bits per heavy atom. The monoisotopic (exact) mass is 230 g/mol. The summed E-state index contributed by atoms with van der Waals surface area (Å²) < 4.78 is 4.93. The number of carbonyl (C=O) groups excluding carboxylic acids is 2. The third-order valence-corrected chi connectivity index (χ3v) is 2.16. The lowest BCUT2D eigenvalue weighted by molar-refractivity contribution is -0.210. The van der Waals surface area contributed by atoms with E-state index in [-0.39, 0.29) is 12.0 Å². The van der Waals surface area contributed by atoms with Crippen molar-refractivity contribution in [1.29, 1.82) is 0 Å². The van der Waals surface area contributed by atoms with Gasteiger partial charge in [-0.3, -0.25) is 4.79 Å². The SMILES string of the molecule is CCCCOC(=O)NC1CN(OC(C)=O)C1. The predicted octanol–water partition coefficient (Wildman–Crippen LogP) is 0.675. The maximum Gasteiger partial charge on any atom is 0.407 e. The summed E-state index contributed by atoms with van der Waals surface area (Å²) in [4.78, 5) is 26.6. The molecule has 1 rings (SSSR count). The molecule has 16 heavy (non-hydrogen) atoms. The van der Waals surface area contributed by atoms with E-state index in [1.54, 1.807) is 0 Å². The molecule has 0 bridgehead atoms. The van der Waals surface area contributed by atoms with Crippen molar-refractivity contribution in [3.05, 3.63) is 0 Å². The average molecular weight is 230 g/mol. The van der Waals surface area contributed by atoms with E-state index in [0.29, 0.717) is 19.7 Å². The van der Waals surface area contributed by atoms with Crippen molar-refractivity contribution in [2.75, 3.05) is 19.7 Å². The highest BCUT2D eigenvalue weighted by Crippen LogP contribution is 2.08. The number of nitrogens with zero attached hydrogens (tertiary/aromatic N) is 1. The smallest absolute Gasteiger partial charge is 0.407 e. The summed E-state index contributed by atoms with van der Waals surface area (Å²) in [5.74, 6) is -0.344. The quantitative estimate of drug-likeness (QED) is 0.703. The molecule has 0 atom stereocenters. The molecule has 6 heteroatoms. The summed E-state index contributed by atoms with van der Waals surface area (Å²) in [7, 11) is 0. The summed E-state index contributed by atoms with van der Waals surface area (Å²) >= 11 is 0. The lowest BCUT2D eigenvalue weighted by Gasteiger charge is -2.36. The molecule has 92 valence electrons. The maximum atomic E-state index is 11.2. The lowest BCUT2D eigenvalue weighted by Crippen LogP contribution is -2.59. The highest BCUT2D eigenvalue weighted by atomic mass is 16.7. The van der Waals surface area contributed by atoms with Crippen LogP contribution in [0.2, 0.25) is 0 Å². The molecule has 1 heterocycles. The molecule has 0 aromatic carbocycles. The zero-order valence-corrected chi connectivity index (χ0v) is 9.69. The van der Waals surface area contributed by atoms with Gasteiger partial charge in [0.15, 0.2) is 0 Å². The molecule has 1 fully saturated rings. The fourth-order valence-corrected chi connectivity index (χ4v) is 1.30.